The lowest BCUT2D eigenvalue weighted by Crippen LogP contribution is -2.38. The number of nitro groups is 1. The molecule has 1 fully saturated rings. The zero-order chi connectivity index (χ0) is 14.2. The van der Waals surface area contributed by atoms with Crippen molar-refractivity contribution in [3.05, 3.63) is 25.7 Å². The Hall–Kier alpha value is -1.01. The fraction of sp³-hybridized carbons (Fsp3) is 0.500. The molecule has 1 aromatic carbocycles. The van der Waals surface area contributed by atoms with E-state index in [4.69, 9.17) is 17.3 Å². The zero-order valence-corrected chi connectivity index (χ0v) is 12.9. The van der Waals surface area contributed by atoms with E-state index < -0.39 is 4.92 Å². The smallest absolute Gasteiger partial charge is 0.295 e. The topological polar surface area (TPSA) is 72.4 Å². The molecule has 1 atom stereocenters. The number of hydrogen-bond acceptors (Lipinski definition) is 4. The van der Waals surface area contributed by atoms with E-state index in [1.807, 2.05) is 4.90 Å². The van der Waals surface area contributed by atoms with Crippen molar-refractivity contribution in [2.75, 3.05) is 17.2 Å². The van der Waals surface area contributed by atoms with Gasteiger partial charge in [-0.05, 0) is 42.1 Å². The van der Waals surface area contributed by atoms with Crippen molar-refractivity contribution in [3.63, 3.8) is 0 Å². The van der Waals surface area contributed by atoms with Crippen molar-refractivity contribution in [2.24, 2.45) is 0 Å². The number of nitro benzene ring substituents is 1. The van der Waals surface area contributed by atoms with Crippen LogP contribution in [0.25, 0.3) is 0 Å². The zero-order valence-electron chi connectivity index (χ0n) is 10.5. The largest absolute Gasteiger partial charge is 0.397 e. The molecule has 0 amide bonds. The van der Waals surface area contributed by atoms with Gasteiger partial charge in [-0.2, -0.15) is 0 Å². The molecule has 1 aromatic rings. The van der Waals surface area contributed by atoms with Gasteiger partial charge in [0.05, 0.1) is 20.1 Å². The third-order valence-corrected chi connectivity index (χ3v) is 4.61. The summed E-state index contributed by atoms with van der Waals surface area (Å²) in [6.07, 6.45) is 3.19. The van der Waals surface area contributed by atoms with Crippen molar-refractivity contribution < 1.29 is 4.92 Å². The maximum absolute atomic E-state index is 11.2. The molecule has 2 N–H and O–H groups in total. The molecule has 2 rings (SSSR count). The van der Waals surface area contributed by atoms with Gasteiger partial charge in [0.2, 0.25) is 0 Å². The first-order chi connectivity index (χ1) is 8.93. The molecule has 19 heavy (non-hydrogen) atoms. The van der Waals surface area contributed by atoms with Crippen molar-refractivity contribution in [3.8, 4) is 0 Å². The van der Waals surface area contributed by atoms with Crippen LogP contribution < -0.4 is 10.6 Å². The molecule has 0 bridgehead atoms. The second-order valence-electron chi connectivity index (χ2n) is 4.75. The highest BCUT2D eigenvalue weighted by Gasteiger charge is 2.30. The van der Waals surface area contributed by atoms with Crippen LogP contribution in [0.2, 0.25) is 5.02 Å². The number of benzene rings is 1. The molecule has 0 aliphatic carbocycles. The normalized spacial score (nSPS) is 19.5. The standard InChI is InChI=1S/C12H15BrClN3O2/c1-7-4-2-3-5-16(7)12-9(17(18)19)6-8(14)11(15)10(12)13/h6-7H,2-5,15H2,1H3/t7-/m1/s1. The van der Waals surface area contributed by atoms with Crippen molar-refractivity contribution >= 4 is 44.6 Å². The van der Waals surface area contributed by atoms with Gasteiger partial charge < -0.3 is 10.6 Å². The Morgan fingerprint density at radius 3 is 2.84 bits per heavy atom. The van der Waals surface area contributed by atoms with Gasteiger partial charge in [-0.3, -0.25) is 10.1 Å². The number of halogens is 2. The van der Waals surface area contributed by atoms with Crippen LogP contribution in [0, 0.1) is 10.1 Å². The maximum atomic E-state index is 11.2. The monoisotopic (exact) mass is 347 g/mol. The van der Waals surface area contributed by atoms with Gasteiger partial charge in [0.25, 0.3) is 5.69 Å². The molecule has 0 radical (unpaired) electrons. The van der Waals surface area contributed by atoms with Crippen LogP contribution in [0.3, 0.4) is 0 Å². The van der Waals surface area contributed by atoms with Gasteiger partial charge in [0.15, 0.2) is 0 Å². The highest BCUT2D eigenvalue weighted by Crippen LogP contribution is 2.45. The lowest BCUT2D eigenvalue weighted by Gasteiger charge is -2.35. The second-order valence-corrected chi connectivity index (χ2v) is 5.95. The number of piperidine rings is 1. The van der Waals surface area contributed by atoms with Crippen LogP contribution in [-0.2, 0) is 0 Å². The van der Waals surface area contributed by atoms with Crippen LogP contribution >= 0.6 is 27.5 Å². The van der Waals surface area contributed by atoms with E-state index in [9.17, 15) is 10.1 Å². The number of nitrogens with two attached hydrogens (primary N) is 1. The highest BCUT2D eigenvalue weighted by atomic mass is 79.9. The van der Waals surface area contributed by atoms with E-state index in [0.29, 0.717) is 15.8 Å². The van der Waals surface area contributed by atoms with E-state index >= 15 is 0 Å². The van der Waals surface area contributed by atoms with Gasteiger partial charge in [0, 0.05) is 18.7 Å². The molecule has 5 nitrogen and oxygen atoms in total. The van der Waals surface area contributed by atoms with E-state index in [2.05, 4.69) is 22.9 Å². The van der Waals surface area contributed by atoms with E-state index in [0.717, 1.165) is 25.8 Å². The fourth-order valence-corrected chi connectivity index (χ4v) is 3.41. The average Bonchev–Trinajstić information content (AvgIpc) is 2.37. The first-order valence-electron chi connectivity index (χ1n) is 6.12. The summed E-state index contributed by atoms with van der Waals surface area (Å²) in [5.41, 5.74) is 6.76. The minimum absolute atomic E-state index is 0.000162. The van der Waals surface area contributed by atoms with E-state index in [1.54, 1.807) is 0 Å². The van der Waals surface area contributed by atoms with Crippen LogP contribution in [0.4, 0.5) is 17.1 Å². The summed E-state index contributed by atoms with van der Waals surface area (Å²) in [5, 5.41) is 11.4. The quantitative estimate of drug-likeness (QED) is 0.498. The summed E-state index contributed by atoms with van der Waals surface area (Å²) in [4.78, 5) is 12.9. The number of nitrogen functional groups attached to an aromatic ring is 1. The molecule has 0 unspecified atom stereocenters. The summed E-state index contributed by atoms with van der Waals surface area (Å²) >= 11 is 9.29. The van der Waals surface area contributed by atoms with Crippen molar-refractivity contribution in [1.82, 2.24) is 0 Å². The van der Waals surface area contributed by atoms with Crippen LogP contribution in [-0.4, -0.2) is 17.5 Å². The highest BCUT2D eigenvalue weighted by molar-refractivity contribution is 9.10. The number of anilines is 2. The summed E-state index contributed by atoms with van der Waals surface area (Å²) in [6.45, 7) is 2.86. The SMILES string of the molecule is C[C@@H]1CCCCN1c1c([N+](=O)[O-])cc(Cl)c(N)c1Br. The molecule has 0 spiro atoms. The molecule has 0 saturated carbocycles. The Bertz CT molecular complexity index is 524. The number of rotatable bonds is 2. The summed E-state index contributed by atoms with van der Waals surface area (Å²) < 4.78 is 0.514. The Kier molecular flexibility index (Phi) is 4.20. The first-order valence-corrected chi connectivity index (χ1v) is 7.29. The molecule has 0 aromatic heterocycles. The van der Waals surface area contributed by atoms with Crippen molar-refractivity contribution in [2.45, 2.75) is 32.2 Å². The minimum atomic E-state index is -0.410. The Balaban J connectivity index is 2.59. The first kappa shape index (κ1) is 14.4. The number of hydrogen-bond donors (Lipinski definition) is 1. The van der Waals surface area contributed by atoms with Crippen LogP contribution in [0.1, 0.15) is 26.2 Å². The molecule has 1 heterocycles. The van der Waals surface area contributed by atoms with Gasteiger partial charge in [0.1, 0.15) is 5.69 Å². The average molecular weight is 349 g/mol. The summed E-state index contributed by atoms with van der Waals surface area (Å²) in [7, 11) is 0. The van der Waals surface area contributed by atoms with Gasteiger partial charge in [-0.1, -0.05) is 11.6 Å². The fourth-order valence-electron chi connectivity index (χ4n) is 2.45. The molecule has 1 aliphatic heterocycles. The van der Waals surface area contributed by atoms with E-state index in [-0.39, 0.29) is 16.8 Å². The molecule has 1 aliphatic rings. The predicted molar refractivity (Wildman–Crippen MR) is 80.9 cm³/mol. The summed E-state index contributed by atoms with van der Waals surface area (Å²) in [6, 6.07) is 1.59. The Morgan fingerprint density at radius 2 is 2.26 bits per heavy atom. The van der Waals surface area contributed by atoms with Crippen LogP contribution in [0.5, 0.6) is 0 Å². The van der Waals surface area contributed by atoms with Gasteiger partial charge >= 0.3 is 0 Å². The van der Waals surface area contributed by atoms with Gasteiger partial charge in [-0.25, -0.2) is 0 Å². The Labute approximate surface area is 125 Å². The molecule has 7 heteroatoms. The van der Waals surface area contributed by atoms with Crippen molar-refractivity contribution in [1.29, 1.82) is 0 Å². The van der Waals surface area contributed by atoms with Crippen LogP contribution in [0.15, 0.2) is 10.5 Å². The molecular formula is C12H15BrClN3O2. The van der Waals surface area contributed by atoms with E-state index in [1.165, 1.54) is 6.07 Å². The third-order valence-electron chi connectivity index (χ3n) is 3.49. The maximum Gasteiger partial charge on any atom is 0.295 e. The molecular weight excluding hydrogens is 334 g/mol. The lowest BCUT2D eigenvalue weighted by atomic mass is 10.0. The Morgan fingerprint density at radius 1 is 1.58 bits per heavy atom. The lowest BCUT2D eigenvalue weighted by molar-refractivity contribution is -0.384. The second kappa shape index (κ2) is 5.54. The minimum Gasteiger partial charge on any atom is -0.397 e. The number of nitrogens with zero attached hydrogens (tertiary/aromatic N) is 2. The third kappa shape index (κ3) is 2.65. The predicted octanol–water partition coefficient (Wildman–Crippen LogP) is 3.97. The van der Waals surface area contributed by atoms with Gasteiger partial charge in [-0.15, -0.1) is 0 Å². The molecule has 104 valence electrons. The summed E-state index contributed by atoms with van der Waals surface area (Å²) in [5.74, 6) is 0. The molecule has 1 saturated heterocycles.